The van der Waals surface area contributed by atoms with E-state index in [1.807, 2.05) is 25.1 Å². The molecule has 3 aromatic rings. The van der Waals surface area contributed by atoms with Crippen molar-refractivity contribution in [3.8, 4) is 0 Å². The quantitative estimate of drug-likeness (QED) is 0.758. The number of anilines is 2. The van der Waals surface area contributed by atoms with Crippen LogP contribution in [0.3, 0.4) is 0 Å². The highest BCUT2D eigenvalue weighted by Gasteiger charge is 2.10. The van der Waals surface area contributed by atoms with Crippen LogP contribution in [0.15, 0.2) is 36.5 Å². The van der Waals surface area contributed by atoms with Crippen LogP contribution in [-0.2, 0) is 0 Å². The molecule has 3 N–H and O–H groups in total. The molecule has 0 atom stereocenters. The zero-order chi connectivity index (χ0) is 14.1. The number of amides is 1. The van der Waals surface area contributed by atoms with Crippen molar-refractivity contribution in [3.05, 3.63) is 47.8 Å². The summed E-state index contributed by atoms with van der Waals surface area (Å²) >= 11 is 1.44. The van der Waals surface area contributed by atoms with Gasteiger partial charge >= 0.3 is 0 Å². The number of nitrogens with two attached hydrogens (primary N) is 1. The lowest BCUT2D eigenvalue weighted by Crippen LogP contribution is -2.13. The molecule has 0 saturated heterocycles. The summed E-state index contributed by atoms with van der Waals surface area (Å²) in [4.78, 5) is 20.4. The van der Waals surface area contributed by atoms with Crippen molar-refractivity contribution < 1.29 is 4.79 Å². The van der Waals surface area contributed by atoms with Crippen LogP contribution in [0.2, 0.25) is 0 Å². The molecule has 1 amide bonds. The van der Waals surface area contributed by atoms with Crippen molar-refractivity contribution in [1.82, 2.24) is 9.97 Å². The minimum absolute atomic E-state index is 0.291. The van der Waals surface area contributed by atoms with E-state index in [9.17, 15) is 4.79 Å². The van der Waals surface area contributed by atoms with Crippen LogP contribution in [0.1, 0.15) is 16.1 Å². The fraction of sp³-hybridized carbons (Fsp3) is 0.0714. The molecule has 0 unspecified atom stereocenters. The van der Waals surface area contributed by atoms with E-state index < -0.39 is 0 Å². The Morgan fingerprint density at radius 1 is 1.30 bits per heavy atom. The standard InChI is InChI=1S/C14H12N4OS/c1-8-2-4-10-12(6-8)20-14(17-10)18-13(19)11-5-3-9(15)7-16-11/h2-7H,15H2,1H3,(H,17,18,19). The maximum Gasteiger partial charge on any atom is 0.276 e. The highest BCUT2D eigenvalue weighted by molar-refractivity contribution is 7.22. The summed E-state index contributed by atoms with van der Waals surface area (Å²) in [6.07, 6.45) is 1.45. The molecule has 0 spiro atoms. The van der Waals surface area contributed by atoms with Crippen LogP contribution in [0.4, 0.5) is 10.8 Å². The monoisotopic (exact) mass is 284 g/mol. The number of aryl methyl sites for hydroxylation is 1. The number of carbonyl (C=O) groups excluding carboxylic acids is 1. The first kappa shape index (κ1) is 12.6. The van der Waals surface area contributed by atoms with E-state index in [2.05, 4.69) is 15.3 Å². The molecular weight excluding hydrogens is 272 g/mol. The number of hydrogen-bond donors (Lipinski definition) is 2. The average molecular weight is 284 g/mol. The van der Waals surface area contributed by atoms with Crippen LogP contribution in [0, 0.1) is 6.92 Å². The fourth-order valence-corrected chi connectivity index (χ4v) is 2.75. The Morgan fingerprint density at radius 3 is 2.90 bits per heavy atom. The zero-order valence-corrected chi connectivity index (χ0v) is 11.6. The second-order valence-electron chi connectivity index (χ2n) is 4.42. The van der Waals surface area contributed by atoms with Crippen molar-refractivity contribution in [1.29, 1.82) is 0 Å². The van der Waals surface area contributed by atoms with Crippen LogP contribution in [0.5, 0.6) is 0 Å². The molecule has 0 radical (unpaired) electrons. The molecule has 3 rings (SSSR count). The second kappa shape index (κ2) is 4.90. The minimum atomic E-state index is -0.291. The Bertz CT molecular complexity index is 779. The van der Waals surface area contributed by atoms with Gasteiger partial charge in [0.05, 0.1) is 22.1 Å². The van der Waals surface area contributed by atoms with Crippen molar-refractivity contribution in [2.75, 3.05) is 11.1 Å². The van der Waals surface area contributed by atoms with E-state index in [4.69, 9.17) is 5.73 Å². The molecule has 20 heavy (non-hydrogen) atoms. The molecule has 1 aromatic carbocycles. The van der Waals surface area contributed by atoms with Gasteiger partial charge in [0.25, 0.3) is 5.91 Å². The van der Waals surface area contributed by atoms with Gasteiger partial charge in [-0.1, -0.05) is 17.4 Å². The highest BCUT2D eigenvalue weighted by atomic mass is 32.1. The lowest BCUT2D eigenvalue weighted by atomic mass is 10.2. The van der Waals surface area contributed by atoms with Gasteiger partial charge in [0.2, 0.25) is 0 Å². The van der Waals surface area contributed by atoms with E-state index >= 15 is 0 Å². The summed E-state index contributed by atoms with van der Waals surface area (Å²) in [7, 11) is 0. The number of fused-ring (bicyclic) bond motifs is 1. The van der Waals surface area contributed by atoms with Gasteiger partial charge in [-0.3, -0.25) is 10.1 Å². The van der Waals surface area contributed by atoms with E-state index in [1.54, 1.807) is 12.1 Å². The van der Waals surface area contributed by atoms with Crippen molar-refractivity contribution in [2.45, 2.75) is 6.92 Å². The lowest BCUT2D eigenvalue weighted by molar-refractivity contribution is 0.102. The molecule has 0 fully saturated rings. The van der Waals surface area contributed by atoms with Crippen molar-refractivity contribution in [2.24, 2.45) is 0 Å². The number of thiazole rings is 1. The molecule has 5 nitrogen and oxygen atoms in total. The number of nitrogens with one attached hydrogen (secondary N) is 1. The maximum absolute atomic E-state index is 12.0. The first-order valence-corrected chi connectivity index (χ1v) is 6.83. The Hall–Kier alpha value is -2.47. The van der Waals surface area contributed by atoms with Gasteiger partial charge in [-0.15, -0.1) is 0 Å². The number of carbonyl (C=O) groups is 1. The summed E-state index contributed by atoms with van der Waals surface area (Å²) in [5.41, 5.74) is 8.42. The van der Waals surface area contributed by atoms with Gasteiger partial charge in [0.1, 0.15) is 5.69 Å². The second-order valence-corrected chi connectivity index (χ2v) is 5.45. The minimum Gasteiger partial charge on any atom is -0.397 e. The van der Waals surface area contributed by atoms with Gasteiger partial charge in [-0.2, -0.15) is 0 Å². The summed E-state index contributed by atoms with van der Waals surface area (Å²) < 4.78 is 1.05. The van der Waals surface area contributed by atoms with Gasteiger partial charge in [0.15, 0.2) is 5.13 Å². The number of rotatable bonds is 2. The number of aromatic nitrogens is 2. The Morgan fingerprint density at radius 2 is 2.15 bits per heavy atom. The molecule has 0 aliphatic rings. The average Bonchev–Trinajstić information content (AvgIpc) is 2.80. The van der Waals surface area contributed by atoms with E-state index in [1.165, 1.54) is 23.1 Å². The highest BCUT2D eigenvalue weighted by Crippen LogP contribution is 2.26. The maximum atomic E-state index is 12.0. The third-order valence-corrected chi connectivity index (χ3v) is 3.72. The number of nitrogen functional groups attached to an aromatic ring is 1. The smallest absolute Gasteiger partial charge is 0.276 e. The van der Waals surface area contributed by atoms with Gasteiger partial charge < -0.3 is 5.73 Å². The van der Waals surface area contributed by atoms with Gasteiger partial charge in [-0.05, 0) is 36.8 Å². The number of nitrogens with zero attached hydrogens (tertiary/aromatic N) is 2. The normalized spacial score (nSPS) is 10.7. The third-order valence-electron chi connectivity index (χ3n) is 2.78. The molecule has 0 aliphatic carbocycles. The van der Waals surface area contributed by atoms with Gasteiger partial charge in [-0.25, -0.2) is 9.97 Å². The number of hydrogen-bond acceptors (Lipinski definition) is 5. The zero-order valence-electron chi connectivity index (χ0n) is 10.8. The molecule has 2 heterocycles. The van der Waals surface area contributed by atoms with E-state index in [-0.39, 0.29) is 5.91 Å². The molecule has 0 saturated carbocycles. The van der Waals surface area contributed by atoms with Crippen LogP contribution >= 0.6 is 11.3 Å². The molecule has 100 valence electrons. The van der Waals surface area contributed by atoms with E-state index in [0.717, 1.165) is 10.2 Å². The summed E-state index contributed by atoms with van der Waals surface area (Å²) in [5, 5.41) is 3.32. The first-order valence-electron chi connectivity index (χ1n) is 6.02. The fourth-order valence-electron chi connectivity index (χ4n) is 1.79. The Labute approximate surface area is 119 Å². The van der Waals surface area contributed by atoms with Gasteiger partial charge in [0, 0.05) is 0 Å². The third kappa shape index (κ3) is 2.46. The molecular formula is C14H12N4OS. The van der Waals surface area contributed by atoms with Crippen LogP contribution in [0.25, 0.3) is 10.2 Å². The summed E-state index contributed by atoms with van der Waals surface area (Å²) in [6.45, 7) is 2.02. The lowest BCUT2D eigenvalue weighted by Gasteiger charge is -2.00. The molecule has 0 bridgehead atoms. The van der Waals surface area contributed by atoms with Crippen LogP contribution in [-0.4, -0.2) is 15.9 Å². The SMILES string of the molecule is Cc1ccc2nc(NC(=O)c3ccc(N)cn3)sc2c1. The molecule has 2 aromatic heterocycles. The van der Waals surface area contributed by atoms with E-state index in [0.29, 0.717) is 16.5 Å². The predicted octanol–water partition coefficient (Wildman–Crippen LogP) is 2.83. The predicted molar refractivity (Wildman–Crippen MR) is 81.0 cm³/mol. The van der Waals surface area contributed by atoms with Crippen molar-refractivity contribution >= 4 is 38.3 Å². The van der Waals surface area contributed by atoms with Crippen molar-refractivity contribution in [3.63, 3.8) is 0 Å². The summed E-state index contributed by atoms with van der Waals surface area (Å²) in [6, 6.07) is 9.21. The Kier molecular flexibility index (Phi) is 3.08. The topological polar surface area (TPSA) is 80.9 Å². The van der Waals surface area contributed by atoms with Crippen LogP contribution < -0.4 is 11.1 Å². The first-order chi connectivity index (χ1) is 9.61. The summed E-state index contributed by atoms with van der Waals surface area (Å²) in [5.74, 6) is -0.291. The molecule has 0 aliphatic heterocycles. The number of pyridine rings is 1. The Balaban J connectivity index is 1.85. The molecule has 6 heteroatoms. The largest absolute Gasteiger partial charge is 0.397 e. The number of benzene rings is 1.